The first-order valence-corrected chi connectivity index (χ1v) is 24.3. The fraction of sp³-hybridized carbons (Fsp3) is 0.320. The summed E-state index contributed by atoms with van der Waals surface area (Å²) in [5.74, 6) is 1.58. The number of ether oxygens (including phenoxy) is 2. The summed E-state index contributed by atoms with van der Waals surface area (Å²) in [5.41, 5.74) is 0.179. The minimum Gasteiger partial charge on any atom is -0.491 e. The van der Waals surface area contributed by atoms with Crippen LogP contribution in [0.25, 0.3) is 22.5 Å². The van der Waals surface area contributed by atoms with Crippen molar-refractivity contribution in [2.45, 2.75) is 49.5 Å². The van der Waals surface area contributed by atoms with Gasteiger partial charge in [-0.3, -0.25) is 20.4 Å². The van der Waals surface area contributed by atoms with E-state index < -0.39 is 61.0 Å². The molecule has 4 aromatic heterocycles. The number of aliphatic hydroxyl groups is 4. The number of aromatic nitrogens is 4. The Kier molecular flexibility index (Phi) is 15.6. The molecule has 0 saturated carbocycles. The zero-order valence-corrected chi connectivity index (χ0v) is 41.2. The van der Waals surface area contributed by atoms with Gasteiger partial charge in [-0.05, 0) is 61.4 Å². The zero-order chi connectivity index (χ0) is 54.1. The first-order valence-electron chi connectivity index (χ1n) is 23.5. The van der Waals surface area contributed by atoms with Gasteiger partial charge >= 0.3 is 24.4 Å². The van der Waals surface area contributed by atoms with Gasteiger partial charge in [0.1, 0.15) is 48.6 Å². The summed E-state index contributed by atoms with van der Waals surface area (Å²) in [7, 11) is 0. The number of hydrogen-bond donors (Lipinski definition) is 6. The van der Waals surface area contributed by atoms with Crippen LogP contribution in [-0.2, 0) is 12.4 Å². The number of alkyl halides is 6. The van der Waals surface area contributed by atoms with Crippen molar-refractivity contribution >= 4 is 69.9 Å². The number of halogens is 8. The fourth-order valence-corrected chi connectivity index (χ4v) is 9.54. The lowest BCUT2D eigenvalue weighted by atomic mass is 10.1. The third-order valence-electron chi connectivity index (χ3n) is 12.7. The molecule has 6 aromatic rings. The lowest BCUT2D eigenvalue weighted by molar-refractivity contribution is -0.138. The minimum atomic E-state index is -4.53. The van der Waals surface area contributed by atoms with Crippen molar-refractivity contribution in [2.24, 2.45) is 0 Å². The number of aliphatic hydroxyl groups excluding tert-OH is 4. The number of amides is 4. The molecule has 4 bridgehead atoms. The molecule has 0 spiro atoms. The SMILES string of the molecule is O=C(Nc1cc(OC[C@@H](O)CO)ccn1)N1c2nc(-c3cccc(C(F)(F)F)c3)c(Cl)cc2N2CC[C@H]1C2.O=C(Nc1cc(OC[C@@H](O)CO)ccn1)N1c2nc(-c3cccc(C(F)(F)F)c3)c(Cl)cc2N2CC[C@H]1C2. The molecule has 4 aliphatic rings. The molecular weight excluding hydrogens is 1050 g/mol. The number of nitrogens with zero attached hydrogens (tertiary/aromatic N) is 8. The lowest BCUT2D eigenvalue weighted by Gasteiger charge is -2.36. The average molecular weight is 1100 g/mol. The van der Waals surface area contributed by atoms with Crippen LogP contribution in [0.4, 0.5) is 70.6 Å². The van der Waals surface area contributed by atoms with Gasteiger partial charge in [0.05, 0.1) is 69.2 Å². The topological polar surface area (TPSA) is 222 Å². The highest BCUT2D eigenvalue weighted by atomic mass is 35.5. The standard InChI is InChI=1S/2C25H23ClF3N5O4/c2*26-19-10-20-23(32-22(19)14-2-1-3-15(8-14)25(27,28)29)34(16-5-7-33(20)11-16)24(37)31-21-9-18(4-6-30-21)38-13-17(36)12-35/h2*1-4,6,8-10,16-17,35-36H,5,7,11-13H2,(H,30,31,37)/t2*16-,17-/m00/s1. The van der Waals surface area contributed by atoms with E-state index in [1.165, 1.54) is 70.7 Å². The zero-order valence-electron chi connectivity index (χ0n) is 39.6. The fourth-order valence-electron chi connectivity index (χ4n) is 9.03. The van der Waals surface area contributed by atoms with E-state index in [-0.39, 0.29) is 81.1 Å². The molecule has 76 heavy (non-hydrogen) atoms. The Morgan fingerprint density at radius 2 is 1.04 bits per heavy atom. The average Bonchev–Trinajstić information content (AvgIpc) is 4.10. The van der Waals surface area contributed by atoms with Gasteiger partial charge in [-0.1, -0.05) is 47.5 Å². The minimum absolute atomic E-state index is 0.132. The van der Waals surface area contributed by atoms with E-state index in [9.17, 15) is 46.1 Å². The van der Waals surface area contributed by atoms with Crippen molar-refractivity contribution in [3.8, 4) is 34.0 Å². The second-order valence-corrected chi connectivity index (χ2v) is 18.7. The van der Waals surface area contributed by atoms with Crippen LogP contribution in [0, 0.1) is 0 Å². The maximum atomic E-state index is 13.5. The number of hydrogen-bond acceptors (Lipinski definition) is 14. The smallest absolute Gasteiger partial charge is 0.416 e. The molecule has 4 atom stereocenters. The molecule has 26 heteroatoms. The van der Waals surface area contributed by atoms with Crippen LogP contribution in [0.3, 0.4) is 0 Å². The number of rotatable bonds is 12. The molecule has 6 N–H and O–H groups in total. The van der Waals surface area contributed by atoms with Crippen LogP contribution in [-0.4, -0.2) is 129 Å². The van der Waals surface area contributed by atoms with Crippen molar-refractivity contribution in [1.29, 1.82) is 0 Å². The molecule has 8 heterocycles. The van der Waals surface area contributed by atoms with Crippen molar-refractivity contribution < 1.29 is 65.8 Å². The van der Waals surface area contributed by atoms with E-state index in [0.717, 1.165) is 24.3 Å². The van der Waals surface area contributed by atoms with Crippen molar-refractivity contribution in [1.82, 2.24) is 19.9 Å². The summed E-state index contributed by atoms with van der Waals surface area (Å²) in [6.07, 6.45) is -7.01. The predicted molar refractivity (Wildman–Crippen MR) is 269 cm³/mol. The van der Waals surface area contributed by atoms with Crippen LogP contribution >= 0.6 is 23.2 Å². The molecule has 2 saturated heterocycles. The summed E-state index contributed by atoms with van der Waals surface area (Å²) in [5, 5.41) is 42.7. The number of urea groups is 2. The van der Waals surface area contributed by atoms with Crippen LogP contribution in [0.15, 0.2) is 97.3 Å². The molecule has 4 aliphatic heterocycles. The molecule has 18 nitrogen and oxygen atoms in total. The van der Waals surface area contributed by atoms with Crippen molar-refractivity contribution in [3.63, 3.8) is 0 Å². The van der Waals surface area contributed by atoms with E-state index in [0.29, 0.717) is 61.9 Å². The first kappa shape index (κ1) is 53.6. The Morgan fingerprint density at radius 3 is 1.42 bits per heavy atom. The summed E-state index contributed by atoms with van der Waals surface area (Å²) in [6, 6.07) is 17.2. The van der Waals surface area contributed by atoms with E-state index >= 15 is 0 Å². The van der Waals surface area contributed by atoms with Gasteiger partial charge in [-0.15, -0.1) is 0 Å². The number of benzene rings is 2. The number of carbonyl (C=O) groups is 2. The second kappa shape index (κ2) is 22.2. The van der Waals surface area contributed by atoms with Crippen LogP contribution in [0.2, 0.25) is 10.0 Å². The molecule has 0 radical (unpaired) electrons. The normalized spacial score (nSPS) is 17.3. The highest BCUT2D eigenvalue weighted by Gasteiger charge is 2.43. The Bertz CT molecular complexity index is 2920. The number of pyridine rings is 4. The van der Waals surface area contributed by atoms with Gasteiger partial charge < -0.3 is 39.7 Å². The van der Waals surface area contributed by atoms with Crippen LogP contribution in [0.1, 0.15) is 24.0 Å². The number of anilines is 6. The number of carbonyl (C=O) groups excluding carboxylic acids is 2. The first-order chi connectivity index (χ1) is 36.3. The monoisotopic (exact) mass is 1100 g/mol. The maximum Gasteiger partial charge on any atom is 0.416 e. The molecule has 0 aliphatic carbocycles. The Balaban J connectivity index is 0.000000186. The van der Waals surface area contributed by atoms with E-state index in [4.69, 9.17) is 42.9 Å². The quantitative estimate of drug-likeness (QED) is 0.0635. The van der Waals surface area contributed by atoms with E-state index in [1.54, 1.807) is 12.1 Å². The summed E-state index contributed by atoms with van der Waals surface area (Å²) in [4.78, 5) is 51.5. The second-order valence-electron chi connectivity index (χ2n) is 17.9. The van der Waals surface area contributed by atoms with Gasteiger partial charge in [0.25, 0.3) is 0 Å². The van der Waals surface area contributed by atoms with Gasteiger partial charge in [0.2, 0.25) is 0 Å². The van der Waals surface area contributed by atoms with Crippen molar-refractivity contribution in [3.05, 3.63) is 118 Å². The highest BCUT2D eigenvalue weighted by Crippen LogP contribution is 2.46. The van der Waals surface area contributed by atoms with Gasteiger partial charge in [0, 0.05) is 61.8 Å². The largest absolute Gasteiger partial charge is 0.491 e. The molecule has 2 fully saturated rings. The lowest BCUT2D eigenvalue weighted by Crippen LogP contribution is -2.48. The Hall–Kier alpha value is -7.22. The molecule has 4 amide bonds. The maximum absolute atomic E-state index is 13.5. The summed E-state index contributed by atoms with van der Waals surface area (Å²) < 4.78 is 90.7. The third kappa shape index (κ3) is 11.8. The predicted octanol–water partition coefficient (Wildman–Crippen LogP) is 8.36. The molecular formula is C50H46Cl2F6N10O8. The Morgan fingerprint density at radius 1 is 0.632 bits per heavy atom. The van der Waals surface area contributed by atoms with E-state index in [1.807, 2.05) is 9.80 Å². The van der Waals surface area contributed by atoms with Gasteiger partial charge in [-0.25, -0.2) is 29.5 Å². The number of fused-ring (bicyclic) bond motifs is 8. The summed E-state index contributed by atoms with van der Waals surface area (Å²) >= 11 is 13.0. The van der Waals surface area contributed by atoms with Gasteiger partial charge in [-0.2, -0.15) is 26.3 Å². The molecule has 2 aromatic carbocycles. The Labute approximate surface area is 439 Å². The molecule has 0 unspecified atom stereocenters. The van der Waals surface area contributed by atoms with Crippen LogP contribution in [0.5, 0.6) is 11.5 Å². The van der Waals surface area contributed by atoms with E-state index in [2.05, 4.69) is 30.6 Å². The highest BCUT2D eigenvalue weighted by molar-refractivity contribution is 6.34. The summed E-state index contributed by atoms with van der Waals surface area (Å²) in [6.45, 7) is 1.23. The third-order valence-corrected chi connectivity index (χ3v) is 13.2. The van der Waals surface area contributed by atoms with Crippen molar-refractivity contribution in [2.75, 3.05) is 82.8 Å². The molecule has 10 rings (SSSR count). The van der Waals surface area contributed by atoms with Crippen LogP contribution < -0.4 is 39.7 Å². The number of nitrogens with one attached hydrogen (secondary N) is 2. The molecule has 400 valence electrons. The van der Waals surface area contributed by atoms with Gasteiger partial charge in [0.15, 0.2) is 11.6 Å².